The number of benzene rings is 1. The summed E-state index contributed by atoms with van der Waals surface area (Å²) in [4.78, 5) is 25.0. The van der Waals surface area contributed by atoms with Crippen LogP contribution < -0.4 is 4.90 Å². The fourth-order valence-electron chi connectivity index (χ4n) is 1.92. The molecule has 0 unspecified atom stereocenters. The molecule has 17 heavy (non-hydrogen) atoms. The predicted molar refractivity (Wildman–Crippen MR) is 62.0 cm³/mol. The number of anilines is 1. The van der Waals surface area contributed by atoms with Gasteiger partial charge in [0.1, 0.15) is 0 Å². The van der Waals surface area contributed by atoms with Gasteiger partial charge in [-0.15, -0.1) is 0 Å². The zero-order chi connectivity index (χ0) is 12.6. The molecule has 1 fully saturated rings. The lowest BCUT2D eigenvalue weighted by Gasteiger charge is -2.17. The van der Waals surface area contributed by atoms with Gasteiger partial charge in [-0.05, 0) is 18.2 Å². The number of hydrogen-bond donors (Lipinski definition) is 0. The minimum Gasteiger partial charge on any atom is -0.274 e. The molecule has 2 rings (SSSR count). The Hall–Kier alpha value is -2.15. The first-order chi connectivity index (χ1) is 7.95. The van der Waals surface area contributed by atoms with Crippen molar-refractivity contribution >= 4 is 17.5 Å². The molecule has 0 aromatic heterocycles. The van der Waals surface area contributed by atoms with Gasteiger partial charge < -0.3 is 0 Å². The molecule has 1 heterocycles. The summed E-state index contributed by atoms with van der Waals surface area (Å²) >= 11 is 0. The van der Waals surface area contributed by atoms with Gasteiger partial charge in [0.05, 0.1) is 22.7 Å². The van der Waals surface area contributed by atoms with Gasteiger partial charge in [0.2, 0.25) is 11.8 Å². The topological polar surface area (TPSA) is 61.2 Å². The standard InChI is InChI=1S/C13H12N2O2/c1-13(2)7-11(16)15(12(13)17)10-5-3-4-9(6-10)8-14/h3-6H,7H2,1-2H3. The first kappa shape index (κ1) is 11.3. The molecule has 1 saturated heterocycles. The van der Waals surface area contributed by atoms with E-state index in [0.29, 0.717) is 11.3 Å². The van der Waals surface area contributed by atoms with Crippen LogP contribution in [0.3, 0.4) is 0 Å². The Balaban J connectivity index is 2.44. The van der Waals surface area contributed by atoms with E-state index in [1.54, 1.807) is 38.1 Å². The van der Waals surface area contributed by atoms with Crippen LogP contribution in [-0.2, 0) is 9.59 Å². The lowest BCUT2D eigenvalue weighted by atomic mass is 9.92. The third kappa shape index (κ3) is 1.80. The predicted octanol–water partition coefficient (Wildman–Crippen LogP) is 1.85. The fourth-order valence-corrected chi connectivity index (χ4v) is 1.92. The van der Waals surface area contributed by atoms with Crippen molar-refractivity contribution < 1.29 is 9.59 Å². The van der Waals surface area contributed by atoms with Crippen LogP contribution in [-0.4, -0.2) is 11.8 Å². The number of nitrogens with zero attached hydrogens (tertiary/aromatic N) is 2. The second kappa shape index (κ2) is 3.70. The van der Waals surface area contributed by atoms with E-state index >= 15 is 0 Å². The van der Waals surface area contributed by atoms with Crippen LogP contribution in [0.2, 0.25) is 0 Å². The summed E-state index contributed by atoms with van der Waals surface area (Å²) in [5.41, 5.74) is 0.261. The smallest absolute Gasteiger partial charge is 0.239 e. The van der Waals surface area contributed by atoms with Crippen LogP contribution in [0.25, 0.3) is 0 Å². The maximum absolute atomic E-state index is 12.1. The van der Waals surface area contributed by atoms with Crippen molar-refractivity contribution in [2.75, 3.05) is 4.90 Å². The Kier molecular flexibility index (Phi) is 2.47. The van der Waals surface area contributed by atoms with Crippen LogP contribution in [0.1, 0.15) is 25.8 Å². The van der Waals surface area contributed by atoms with Crippen LogP contribution in [0, 0.1) is 16.7 Å². The van der Waals surface area contributed by atoms with Gasteiger partial charge in [-0.1, -0.05) is 19.9 Å². The first-order valence-electron chi connectivity index (χ1n) is 5.33. The Labute approximate surface area is 99.5 Å². The van der Waals surface area contributed by atoms with Crippen LogP contribution >= 0.6 is 0 Å². The second-order valence-corrected chi connectivity index (χ2v) is 4.76. The Morgan fingerprint density at radius 3 is 2.59 bits per heavy atom. The van der Waals surface area contributed by atoms with E-state index in [1.807, 2.05) is 6.07 Å². The second-order valence-electron chi connectivity index (χ2n) is 4.76. The summed E-state index contributed by atoms with van der Waals surface area (Å²) in [5, 5.41) is 8.80. The van der Waals surface area contributed by atoms with E-state index < -0.39 is 5.41 Å². The summed E-state index contributed by atoms with van der Waals surface area (Å²) < 4.78 is 0. The van der Waals surface area contributed by atoms with E-state index in [9.17, 15) is 9.59 Å². The average Bonchev–Trinajstić information content (AvgIpc) is 2.48. The van der Waals surface area contributed by atoms with Crippen molar-refractivity contribution in [3.05, 3.63) is 29.8 Å². The summed E-state index contributed by atoms with van der Waals surface area (Å²) in [6, 6.07) is 8.51. The molecular formula is C13H12N2O2. The third-order valence-electron chi connectivity index (χ3n) is 2.86. The highest BCUT2D eigenvalue weighted by atomic mass is 16.2. The molecule has 2 amide bonds. The van der Waals surface area contributed by atoms with Gasteiger partial charge in [-0.2, -0.15) is 5.26 Å². The lowest BCUT2D eigenvalue weighted by Crippen LogP contribution is -2.32. The highest BCUT2D eigenvalue weighted by Gasteiger charge is 2.45. The molecule has 1 aromatic carbocycles. The molecule has 0 radical (unpaired) electrons. The molecule has 0 spiro atoms. The quantitative estimate of drug-likeness (QED) is 0.689. The minimum absolute atomic E-state index is 0.211. The molecular weight excluding hydrogens is 216 g/mol. The average molecular weight is 228 g/mol. The third-order valence-corrected chi connectivity index (χ3v) is 2.86. The van der Waals surface area contributed by atoms with Crippen molar-refractivity contribution in [1.82, 2.24) is 0 Å². The minimum atomic E-state index is -0.653. The molecule has 1 aromatic rings. The zero-order valence-electron chi connectivity index (χ0n) is 9.73. The van der Waals surface area contributed by atoms with Crippen LogP contribution in [0.5, 0.6) is 0 Å². The number of imide groups is 1. The van der Waals surface area contributed by atoms with E-state index in [0.717, 1.165) is 0 Å². The monoisotopic (exact) mass is 228 g/mol. The molecule has 1 aliphatic heterocycles. The lowest BCUT2D eigenvalue weighted by molar-refractivity contribution is -0.124. The molecule has 0 bridgehead atoms. The summed E-state index contributed by atoms with van der Waals surface area (Å²) in [6.07, 6.45) is 0.211. The Morgan fingerprint density at radius 2 is 2.06 bits per heavy atom. The molecule has 0 aliphatic carbocycles. The number of rotatable bonds is 1. The van der Waals surface area contributed by atoms with Gasteiger partial charge in [0.15, 0.2) is 0 Å². The summed E-state index contributed by atoms with van der Waals surface area (Å²) in [5.74, 6) is -0.423. The summed E-state index contributed by atoms with van der Waals surface area (Å²) in [6.45, 7) is 3.50. The first-order valence-corrected chi connectivity index (χ1v) is 5.33. The molecule has 4 nitrogen and oxygen atoms in total. The van der Waals surface area contributed by atoms with Crippen molar-refractivity contribution in [3.8, 4) is 6.07 Å². The maximum Gasteiger partial charge on any atom is 0.239 e. The van der Waals surface area contributed by atoms with Gasteiger partial charge in [-0.3, -0.25) is 14.5 Å². The van der Waals surface area contributed by atoms with E-state index in [2.05, 4.69) is 0 Å². The van der Waals surface area contributed by atoms with Crippen LogP contribution in [0.15, 0.2) is 24.3 Å². The van der Waals surface area contributed by atoms with E-state index in [-0.39, 0.29) is 18.2 Å². The summed E-state index contributed by atoms with van der Waals surface area (Å²) in [7, 11) is 0. The van der Waals surface area contributed by atoms with E-state index in [4.69, 9.17) is 5.26 Å². The van der Waals surface area contributed by atoms with Gasteiger partial charge in [0.25, 0.3) is 0 Å². The van der Waals surface area contributed by atoms with Crippen molar-refractivity contribution in [2.24, 2.45) is 5.41 Å². The van der Waals surface area contributed by atoms with Crippen molar-refractivity contribution in [3.63, 3.8) is 0 Å². The maximum atomic E-state index is 12.1. The molecule has 0 saturated carbocycles. The number of nitriles is 1. The fraction of sp³-hybridized carbons (Fsp3) is 0.308. The largest absolute Gasteiger partial charge is 0.274 e. The molecule has 0 N–H and O–H groups in total. The zero-order valence-corrected chi connectivity index (χ0v) is 9.73. The highest BCUT2D eigenvalue weighted by Crippen LogP contribution is 2.35. The SMILES string of the molecule is CC1(C)CC(=O)N(c2cccc(C#N)c2)C1=O. The molecule has 4 heteroatoms. The molecule has 1 aliphatic rings. The van der Waals surface area contributed by atoms with Gasteiger partial charge in [0, 0.05) is 6.42 Å². The molecule has 86 valence electrons. The van der Waals surface area contributed by atoms with Crippen molar-refractivity contribution in [2.45, 2.75) is 20.3 Å². The number of amides is 2. The van der Waals surface area contributed by atoms with Crippen LogP contribution in [0.4, 0.5) is 5.69 Å². The Morgan fingerprint density at radius 1 is 1.35 bits per heavy atom. The Bertz CT molecular complexity index is 541. The normalized spacial score (nSPS) is 18.3. The number of carbonyl (C=O) groups excluding carboxylic acids is 2. The highest BCUT2D eigenvalue weighted by molar-refractivity contribution is 6.22. The molecule has 0 atom stereocenters. The van der Waals surface area contributed by atoms with Gasteiger partial charge >= 0.3 is 0 Å². The van der Waals surface area contributed by atoms with Crippen molar-refractivity contribution in [1.29, 1.82) is 5.26 Å². The number of carbonyl (C=O) groups is 2. The van der Waals surface area contributed by atoms with Gasteiger partial charge in [-0.25, -0.2) is 0 Å². The number of hydrogen-bond acceptors (Lipinski definition) is 3. The van der Waals surface area contributed by atoms with E-state index in [1.165, 1.54) is 4.90 Å².